The van der Waals surface area contributed by atoms with Crippen molar-refractivity contribution in [2.24, 2.45) is 0 Å². The summed E-state index contributed by atoms with van der Waals surface area (Å²) in [6, 6.07) is 8.64. The van der Waals surface area contributed by atoms with Gasteiger partial charge in [0.15, 0.2) is 0 Å². The Morgan fingerprint density at radius 1 is 1.16 bits per heavy atom. The fourth-order valence-corrected chi connectivity index (χ4v) is 2.94. The molecule has 1 aromatic carbocycles. The first-order valence-electron chi connectivity index (χ1n) is 7.48. The Labute approximate surface area is 116 Å². The first-order chi connectivity index (χ1) is 9.18. The second-order valence-corrected chi connectivity index (χ2v) is 5.75. The molecule has 19 heavy (non-hydrogen) atoms. The molecule has 1 aliphatic rings. The minimum Gasteiger partial charge on any atom is -0.342 e. The zero-order chi connectivity index (χ0) is 13.7. The SMILES string of the molecule is Cc1ccccc1CC(=O)N(C)C1CCCCCC1. The maximum Gasteiger partial charge on any atom is 0.226 e. The lowest BCUT2D eigenvalue weighted by atomic mass is 10.0. The van der Waals surface area contributed by atoms with Crippen molar-refractivity contribution in [1.29, 1.82) is 0 Å². The average molecular weight is 259 g/mol. The molecular weight excluding hydrogens is 234 g/mol. The molecule has 1 amide bonds. The molecule has 0 N–H and O–H groups in total. The zero-order valence-corrected chi connectivity index (χ0v) is 12.2. The van der Waals surface area contributed by atoms with Gasteiger partial charge in [0.25, 0.3) is 0 Å². The molecule has 104 valence electrons. The van der Waals surface area contributed by atoms with E-state index in [1.54, 1.807) is 0 Å². The Kier molecular flexibility index (Phi) is 5.00. The van der Waals surface area contributed by atoms with Gasteiger partial charge in [0, 0.05) is 13.1 Å². The second-order valence-electron chi connectivity index (χ2n) is 5.75. The van der Waals surface area contributed by atoms with E-state index in [-0.39, 0.29) is 5.91 Å². The standard InChI is InChI=1S/C17H25NO/c1-14-9-7-8-10-15(14)13-17(19)18(2)16-11-5-3-4-6-12-16/h7-10,16H,3-6,11-13H2,1-2H3. The van der Waals surface area contributed by atoms with E-state index < -0.39 is 0 Å². The molecule has 0 aromatic heterocycles. The summed E-state index contributed by atoms with van der Waals surface area (Å²) in [6.07, 6.45) is 8.09. The maximum absolute atomic E-state index is 12.4. The molecule has 0 heterocycles. The lowest BCUT2D eigenvalue weighted by Gasteiger charge is -2.27. The maximum atomic E-state index is 12.4. The number of aryl methyl sites for hydroxylation is 1. The monoisotopic (exact) mass is 259 g/mol. The molecular formula is C17H25NO. The lowest BCUT2D eigenvalue weighted by Crippen LogP contribution is -2.37. The number of rotatable bonds is 3. The smallest absolute Gasteiger partial charge is 0.226 e. The van der Waals surface area contributed by atoms with Gasteiger partial charge in [-0.3, -0.25) is 4.79 Å². The highest BCUT2D eigenvalue weighted by atomic mass is 16.2. The number of carbonyl (C=O) groups is 1. The van der Waals surface area contributed by atoms with Gasteiger partial charge in [0.05, 0.1) is 6.42 Å². The third-order valence-corrected chi connectivity index (χ3v) is 4.37. The van der Waals surface area contributed by atoms with Crippen LogP contribution in [0.2, 0.25) is 0 Å². The highest BCUT2D eigenvalue weighted by Crippen LogP contribution is 2.21. The third-order valence-electron chi connectivity index (χ3n) is 4.37. The highest BCUT2D eigenvalue weighted by molar-refractivity contribution is 5.79. The van der Waals surface area contributed by atoms with Crippen molar-refractivity contribution in [2.45, 2.75) is 57.9 Å². The van der Waals surface area contributed by atoms with Gasteiger partial charge in [-0.25, -0.2) is 0 Å². The van der Waals surface area contributed by atoms with Crippen molar-refractivity contribution < 1.29 is 4.79 Å². The predicted molar refractivity (Wildman–Crippen MR) is 79.1 cm³/mol. The zero-order valence-electron chi connectivity index (χ0n) is 12.2. The van der Waals surface area contributed by atoms with E-state index in [0.29, 0.717) is 12.5 Å². The molecule has 0 bridgehead atoms. The van der Waals surface area contributed by atoms with Gasteiger partial charge in [-0.05, 0) is 30.9 Å². The minimum atomic E-state index is 0.265. The van der Waals surface area contributed by atoms with Gasteiger partial charge in [-0.1, -0.05) is 49.9 Å². The van der Waals surface area contributed by atoms with E-state index in [1.165, 1.54) is 44.1 Å². The van der Waals surface area contributed by atoms with E-state index in [0.717, 1.165) is 5.56 Å². The predicted octanol–water partition coefficient (Wildman–Crippen LogP) is 3.72. The molecule has 2 nitrogen and oxygen atoms in total. The van der Waals surface area contributed by atoms with Crippen LogP contribution >= 0.6 is 0 Å². The number of amides is 1. The summed E-state index contributed by atoms with van der Waals surface area (Å²) in [5, 5.41) is 0. The molecule has 0 unspecified atom stereocenters. The van der Waals surface area contributed by atoms with Crippen LogP contribution in [0.4, 0.5) is 0 Å². The summed E-state index contributed by atoms with van der Waals surface area (Å²) in [5.74, 6) is 0.265. The Morgan fingerprint density at radius 2 is 1.79 bits per heavy atom. The van der Waals surface area contributed by atoms with Crippen LogP contribution in [-0.4, -0.2) is 23.9 Å². The van der Waals surface area contributed by atoms with Crippen molar-refractivity contribution in [1.82, 2.24) is 4.90 Å². The number of likely N-dealkylation sites (N-methyl/N-ethyl adjacent to an activating group) is 1. The summed E-state index contributed by atoms with van der Waals surface area (Å²) in [5.41, 5.74) is 2.37. The fraction of sp³-hybridized carbons (Fsp3) is 0.588. The quantitative estimate of drug-likeness (QED) is 0.758. The summed E-state index contributed by atoms with van der Waals surface area (Å²) in [6.45, 7) is 2.08. The normalized spacial score (nSPS) is 16.9. The van der Waals surface area contributed by atoms with Crippen LogP contribution in [0.1, 0.15) is 49.7 Å². The Hall–Kier alpha value is -1.31. The van der Waals surface area contributed by atoms with Gasteiger partial charge in [-0.15, -0.1) is 0 Å². The van der Waals surface area contributed by atoms with Crippen LogP contribution in [0.15, 0.2) is 24.3 Å². The van der Waals surface area contributed by atoms with Gasteiger partial charge in [0.1, 0.15) is 0 Å². The van der Waals surface area contributed by atoms with Crippen molar-refractivity contribution >= 4 is 5.91 Å². The van der Waals surface area contributed by atoms with Crippen molar-refractivity contribution in [3.63, 3.8) is 0 Å². The molecule has 1 aliphatic carbocycles. The van der Waals surface area contributed by atoms with Gasteiger partial charge < -0.3 is 4.90 Å². The topological polar surface area (TPSA) is 20.3 Å². The highest BCUT2D eigenvalue weighted by Gasteiger charge is 2.21. The Bertz CT molecular complexity index is 419. The van der Waals surface area contributed by atoms with Crippen LogP contribution in [0.3, 0.4) is 0 Å². The fourth-order valence-electron chi connectivity index (χ4n) is 2.94. The van der Waals surface area contributed by atoms with Crippen LogP contribution in [0, 0.1) is 6.92 Å². The third kappa shape index (κ3) is 3.82. The average Bonchev–Trinajstić information content (AvgIpc) is 2.69. The number of hydrogen-bond donors (Lipinski definition) is 0. The molecule has 0 aliphatic heterocycles. The van der Waals surface area contributed by atoms with Crippen LogP contribution in [0.25, 0.3) is 0 Å². The van der Waals surface area contributed by atoms with Gasteiger partial charge >= 0.3 is 0 Å². The first kappa shape index (κ1) is 14.1. The number of benzene rings is 1. The van der Waals surface area contributed by atoms with E-state index >= 15 is 0 Å². The Morgan fingerprint density at radius 3 is 2.42 bits per heavy atom. The summed E-state index contributed by atoms with van der Waals surface area (Å²) in [7, 11) is 1.98. The molecule has 2 rings (SSSR count). The molecule has 0 saturated heterocycles. The van der Waals surface area contributed by atoms with Crippen LogP contribution < -0.4 is 0 Å². The number of nitrogens with zero attached hydrogens (tertiary/aromatic N) is 1. The van der Waals surface area contributed by atoms with E-state index in [2.05, 4.69) is 19.1 Å². The minimum absolute atomic E-state index is 0.265. The van der Waals surface area contributed by atoms with Crippen molar-refractivity contribution in [3.05, 3.63) is 35.4 Å². The molecule has 0 radical (unpaired) electrons. The molecule has 0 atom stereocenters. The van der Waals surface area contributed by atoms with Gasteiger partial charge in [0.2, 0.25) is 5.91 Å². The van der Waals surface area contributed by atoms with E-state index in [1.807, 2.05) is 24.1 Å². The number of carbonyl (C=O) groups excluding carboxylic acids is 1. The van der Waals surface area contributed by atoms with E-state index in [4.69, 9.17) is 0 Å². The second kappa shape index (κ2) is 6.74. The summed E-state index contributed by atoms with van der Waals surface area (Å²) in [4.78, 5) is 14.4. The molecule has 1 saturated carbocycles. The van der Waals surface area contributed by atoms with E-state index in [9.17, 15) is 4.79 Å². The Balaban J connectivity index is 1.97. The van der Waals surface area contributed by atoms with Crippen LogP contribution in [0.5, 0.6) is 0 Å². The van der Waals surface area contributed by atoms with Crippen molar-refractivity contribution in [2.75, 3.05) is 7.05 Å². The molecule has 2 heteroatoms. The summed E-state index contributed by atoms with van der Waals surface area (Å²) < 4.78 is 0. The number of hydrogen-bond acceptors (Lipinski definition) is 1. The first-order valence-corrected chi connectivity index (χ1v) is 7.48. The summed E-state index contributed by atoms with van der Waals surface area (Å²) >= 11 is 0. The lowest BCUT2D eigenvalue weighted by molar-refractivity contribution is -0.131. The van der Waals surface area contributed by atoms with Crippen molar-refractivity contribution in [3.8, 4) is 0 Å². The molecule has 1 aromatic rings. The molecule has 1 fully saturated rings. The molecule has 0 spiro atoms. The van der Waals surface area contributed by atoms with Gasteiger partial charge in [-0.2, -0.15) is 0 Å². The largest absolute Gasteiger partial charge is 0.342 e. The van der Waals surface area contributed by atoms with Crippen LogP contribution in [-0.2, 0) is 11.2 Å².